The first-order chi connectivity index (χ1) is 10.5. The quantitative estimate of drug-likeness (QED) is 0.907. The van der Waals surface area contributed by atoms with E-state index in [0.717, 1.165) is 18.1 Å². The van der Waals surface area contributed by atoms with Gasteiger partial charge in [0.15, 0.2) is 0 Å². The van der Waals surface area contributed by atoms with E-state index in [0.29, 0.717) is 23.8 Å². The van der Waals surface area contributed by atoms with E-state index < -0.39 is 11.6 Å². The summed E-state index contributed by atoms with van der Waals surface area (Å²) in [6.45, 7) is 1.21. The molecule has 0 aromatic heterocycles. The summed E-state index contributed by atoms with van der Waals surface area (Å²) in [5, 5.41) is 0.685. The number of halogens is 3. The molecule has 1 heterocycles. The number of hydrogen-bond donors (Lipinski definition) is 1. The molecule has 22 heavy (non-hydrogen) atoms. The standard InChI is InChI=1S/C17H17ClF2N2/c18-13-3-1-11(2-4-13)12-7-15(21)10-22(9-12)17-6-5-14(19)8-16(17)20/h1-6,8,12,15H,7,9-10,21H2. The highest BCUT2D eigenvalue weighted by molar-refractivity contribution is 6.30. The van der Waals surface area contributed by atoms with Crippen molar-refractivity contribution >= 4 is 17.3 Å². The van der Waals surface area contributed by atoms with Gasteiger partial charge in [0.2, 0.25) is 0 Å². The maximum atomic E-state index is 14.0. The van der Waals surface area contributed by atoms with Crippen LogP contribution in [0, 0.1) is 11.6 Å². The molecule has 0 radical (unpaired) electrons. The van der Waals surface area contributed by atoms with Gasteiger partial charge in [0.05, 0.1) is 5.69 Å². The Hall–Kier alpha value is -1.65. The molecule has 1 fully saturated rings. The number of rotatable bonds is 2. The molecule has 116 valence electrons. The number of anilines is 1. The van der Waals surface area contributed by atoms with Crippen LogP contribution in [0.5, 0.6) is 0 Å². The van der Waals surface area contributed by atoms with Gasteiger partial charge in [-0.15, -0.1) is 0 Å². The van der Waals surface area contributed by atoms with Gasteiger partial charge in [-0.2, -0.15) is 0 Å². The third-order valence-corrected chi connectivity index (χ3v) is 4.33. The predicted molar refractivity (Wildman–Crippen MR) is 85.4 cm³/mol. The fraction of sp³-hybridized carbons (Fsp3) is 0.294. The maximum Gasteiger partial charge on any atom is 0.149 e. The van der Waals surface area contributed by atoms with Crippen LogP contribution in [-0.4, -0.2) is 19.1 Å². The van der Waals surface area contributed by atoms with Crippen LogP contribution >= 0.6 is 11.6 Å². The Bertz CT molecular complexity index is 660. The van der Waals surface area contributed by atoms with Crippen LogP contribution in [0.2, 0.25) is 5.02 Å². The number of nitrogens with zero attached hydrogens (tertiary/aromatic N) is 1. The van der Waals surface area contributed by atoms with Crippen molar-refractivity contribution in [3.63, 3.8) is 0 Å². The van der Waals surface area contributed by atoms with Gasteiger partial charge in [-0.3, -0.25) is 0 Å². The lowest BCUT2D eigenvalue weighted by Crippen LogP contribution is -2.46. The number of hydrogen-bond acceptors (Lipinski definition) is 2. The molecular formula is C17H17ClF2N2. The molecule has 2 nitrogen and oxygen atoms in total. The SMILES string of the molecule is NC1CC(c2ccc(Cl)cc2)CN(c2ccc(F)cc2F)C1. The van der Waals surface area contributed by atoms with Crippen molar-refractivity contribution < 1.29 is 8.78 Å². The van der Waals surface area contributed by atoms with Gasteiger partial charge in [0.1, 0.15) is 11.6 Å². The van der Waals surface area contributed by atoms with Crippen molar-refractivity contribution in [3.8, 4) is 0 Å². The molecule has 0 amide bonds. The number of nitrogens with two attached hydrogens (primary N) is 1. The Kier molecular flexibility index (Phi) is 4.32. The highest BCUT2D eigenvalue weighted by atomic mass is 35.5. The van der Waals surface area contributed by atoms with Gasteiger partial charge < -0.3 is 10.6 Å². The van der Waals surface area contributed by atoms with E-state index in [1.165, 1.54) is 12.1 Å². The Morgan fingerprint density at radius 3 is 2.45 bits per heavy atom. The Morgan fingerprint density at radius 2 is 1.77 bits per heavy atom. The maximum absolute atomic E-state index is 14.0. The summed E-state index contributed by atoms with van der Waals surface area (Å²) in [6, 6.07) is 11.2. The van der Waals surface area contributed by atoms with Crippen LogP contribution < -0.4 is 10.6 Å². The van der Waals surface area contributed by atoms with Gasteiger partial charge in [0.25, 0.3) is 0 Å². The molecule has 0 spiro atoms. The summed E-state index contributed by atoms with van der Waals surface area (Å²) < 4.78 is 27.1. The zero-order valence-electron chi connectivity index (χ0n) is 12.0. The first-order valence-corrected chi connectivity index (χ1v) is 7.62. The molecule has 2 atom stereocenters. The normalized spacial score (nSPS) is 21.9. The van der Waals surface area contributed by atoms with Gasteiger partial charge in [0, 0.05) is 36.1 Å². The smallest absolute Gasteiger partial charge is 0.149 e. The van der Waals surface area contributed by atoms with Crippen molar-refractivity contribution in [2.45, 2.75) is 18.4 Å². The summed E-state index contributed by atoms with van der Waals surface area (Å²) in [5.41, 5.74) is 7.67. The lowest BCUT2D eigenvalue weighted by Gasteiger charge is -2.38. The second-order valence-electron chi connectivity index (χ2n) is 5.74. The number of piperidine rings is 1. The van der Waals surface area contributed by atoms with Crippen LogP contribution in [0.3, 0.4) is 0 Å². The second kappa shape index (κ2) is 6.23. The van der Waals surface area contributed by atoms with E-state index in [4.69, 9.17) is 17.3 Å². The van der Waals surface area contributed by atoms with Crippen LogP contribution in [0.1, 0.15) is 17.9 Å². The van der Waals surface area contributed by atoms with E-state index >= 15 is 0 Å². The largest absolute Gasteiger partial charge is 0.367 e. The van der Waals surface area contributed by atoms with Crippen LogP contribution in [0.15, 0.2) is 42.5 Å². The van der Waals surface area contributed by atoms with Gasteiger partial charge >= 0.3 is 0 Å². The van der Waals surface area contributed by atoms with Crippen molar-refractivity contribution in [2.75, 3.05) is 18.0 Å². The summed E-state index contributed by atoms with van der Waals surface area (Å²) >= 11 is 5.92. The molecule has 3 rings (SSSR count). The van der Waals surface area contributed by atoms with Gasteiger partial charge in [-0.1, -0.05) is 23.7 Å². The molecule has 0 aliphatic carbocycles. The Balaban J connectivity index is 1.85. The fourth-order valence-electron chi connectivity index (χ4n) is 3.05. The third kappa shape index (κ3) is 3.23. The van der Waals surface area contributed by atoms with Crippen molar-refractivity contribution in [1.29, 1.82) is 0 Å². The van der Waals surface area contributed by atoms with Crippen molar-refractivity contribution in [1.82, 2.24) is 0 Å². The summed E-state index contributed by atoms with van der Waals surface area (Å²) in [5.74, 6) is -0.925. The minimum Gasteiger partial charge on any atom is -0.367 e. The zero-order chi connectivity index (χ0) is 15.7. The molecule has 2 N–H and O–H groups in total. The fourth-order valence-corrected chi connectivity index (χ4v) is 3.18. The Morgan fingerprint density at radius 1 is 1.05 bits per heavy atom. The molecular weight excluding hydrogens is 306 g/mol. The molecule has 2 aromatic rings. The molecule has 2 aromatic carbocycles. The minimum absolute atomic E-state index is 0.0566. The highest BCUT2D eigenvalue weighted by Gasteiger charge is 2.27. The van der Waals surface area contributed by atoms with Gasteiger partial charge in [-0.25, -0.2) is 8.78 Å². The predicted octanol–water partition coefficient (Wildman–Crippen LogP) is 3.94. The summed E-state index contributed by atoms with van der Waals surface area (Å²) in [4.78, 5) is 1.89. The zero-order valence-corrected chi connectivity index (χ0v) is 12.7. The van der Waals surface area contributed by atoms with E-state index in [2.05, 4.69) is 0 Å². The molecule has 5 heteroatoms. The van der Waals surface area contributed by atoms with E-state index in [1.54, 1.807) is 0 Å². The van der Waals surface area contributed by atoms with Gasteiger partial charge in [-0.05, 0) is 36.2 Å². The van der Waals surface area contributed by atoms with E-state index in [1.807, 2.05) is 29.2 Å². The summed E-state index contributed by atoms with van der Waals surface area (Å²) in [7, 11) is 0. The molecule has 1 aliphatic rings. The number of benzene rings is 2. The highest BCUT2D eigenvalue weighted by Crippen LogP contribution is 2.31. The molecule has 0 bridgehead atoms. The Labute approximate surface area is 133 Å². The van der Waals surface area contributed by atoms with Crippen LogP contribution in [0.25, 0.3) is 0 Å². The monoisotopic (exact) mass is 322 g/mol. The average molecular weight is 323 g/mol. The average Bonchev–Trinajstić information content (AvgIpc) is 2.47. The summed E-state index contributed by atoms with van der Waals surface area (Å²) in [6.07, 6.45) is 0.834. The van der Waals surface area contributed by atoms with E-state index in [-0.39, 0.29) is 12.0 Å². The lowest BCUT2D eigenvalue weighted by molar-refractivity contribution is 0.448. The molecule has 2 unspecified atom stereocenters. The lowest BCUT2D eigenvalue weighted by atomic mass is 9.88. The molecule has 1 saturated heterocycles. The molecule has 0 saturated carbocycles. The first kappa shape index (κ1) is 15.3. The van der Waals surface area contributed by atoms with Crippen LogP contribution in [-0.2, 0) is 0 Å². The first-order valence-electron chi connectivity index (χ1n) is 7.24. The van der Waals surface area contributed by atoms with E-state index in [9.17, 15) is 8.78 Å². The topological polar surface area (TPSA) is 29.3 Å². The van der Waals surface area contributed by atoms with Crippen molar-refractivity contribution in [2.24, 2.45) is 5.73 Å². The van der Waals surface area contributed by atoms with Crippen molar-refractivity contribution in [3.05, 3.63) is 64.7 Å². The van der Waals surface area contributed by atoms with Crippen LogP contribution in [0.4, 0.5) is 14.5 Å². The molecule has 1 aliphatic heterocycles. The third-order valence-electron chi connectivity index (χ3n) is 4.07. The second-order valence-corrected chi connectivity index (χ2v) is 6.18. The minimum atomic E-state index is -0.572.